The number of nitriles is 1. The van der Waals surface area contributed by atoms with Gasteiger partial charge in [-0.2, -0.15) is 5.26 Å². The highest BCUT2D eigenvalue weighted by atomic mass is 16.2. The number of hydrogen-bond donors (Lipinski definition) is 1. The van der Waals surface area contributed by atoms with E-state index >= 15 is 0 Å². The van der Waals surface area contributed by atoms with Gasteiger partial charge in [0.15, 0.2) is 0 Å². The van der Waals surface area contributed by atoms with E-state index in [1.54, 1.807) is 37.4 Å². The fourth-order valence-corrected chi connectivity index (χ4v) is 2.75. The van der Waals surface area contributed by atoms with Crippen LogP contribution in [0.2, 0.25) is 0 Å². The fourth-order valence-electron chi connectivity index (χ4n) is 2.75. The van der Waals surface area contributed by atoms with Crippen LogP contribution in [0.15, 0.2) is 48.7 Å². The number of benzene rings is 1. The maximum Gasteiger partial charge on any atom is 0.325 e. The summed E-state index contributed by atoms with van der Waals surface area (Å²) in [7, 11) is 0. The summed E-state index contributed by atoms with van der Waals surface area (Å²) in [4.78, 5) is 30.4. The Balaban J connectivity index is 1.78. The number of rotatable bonds is 4. The zero-order chi connectivity index (χ0) is 17.2. The zero-order valence-corrected chi connectivity index (χ0v) is 13.2. The monoisotopic (exact) mass is 320 g/mol. The molecule has 1 aliphatic rings. The molecule has 1 unspecified atom stereocenters. The van der Waals surface area contributed by atoms with Crippen LogP contribution in [-0.2, 0) is 16.8 Å². The molecule has 6 heteroatoms. The van der Waals surface area contributed by atoms with E-state index < -0.39 is 11.6 Å². The molecule has 120 valence electrons. The molecule has 6 nitrogen and oxygen atoms in total. The van der Waals surface area contributed by atoms with Crippen LogP contribution in [0.5, 0.6) is 0 Å². The molecule has 1 aromatic heterocycles. The Morgan fingerprint density at radius 2 is 1.96 bits per heavy atom. The number of aromatic nitrogens is 1. The summed E-state index contributed by atoms with van der Waals surface area (Å²) in [6, 6.07) is 13.8. The topological polar surface area (TPSA) is 86.1 Å². The molecule has 0 spiro atoms. The van der Waals surface area contributed by atoms with Gasteiger partial charge in [-0.1, -0.05) is 18.2 Å². The van der Waals surface area contributed by atoms with Crippen molar-refractivity contribution in [3.05, 3.63) is 65.5 Å². The van der Waals surface area contributed by atoms with Gasteiger partial charge in [-0.15, -0.1) is 0 Å². The van der Waals surface area contributed by atoms with E-state index in [9.17, 15) is 9.59 Å². The highest BCUT2D eigenvalue weighted by Gasteiger charge is 2.48. The van der Waals surface area contributed by atoms with Crippen LogP contribution in [0, 0.1) is 11.3 Å². The number of hydrogen-bond acceptors (Lipinski definition) is 4. The first-order valence-electron chi connectivity index (χ1n) is 7.59. The molecule has 3 rings (SSSR count). The molecule has 1 saturated heterocycles. The van der Waals surface area contributed by atoms with Gasteiger partial charge in [-0.3, -0.25) is 14.7 Å². The predicted molar refractivity (Wildman–Crippen MR) is 86.7 cm³/mol. The van der Waals surface area contributed by atoms with Crippen molar-refractivity contribution in [2.45, 2.75) is 18.9 Å². The number of amides is 3. The Labute approximate surface area is 139 Å². The Hall–Kier alpha value is -3.20. The number of pyridine rings is 1. The average molecular weight is 320 g/mol. The lowest BCUT2D eigenvalue weighted by Gasteiger charge is -2.22. The van der Waals surface area contributed by atoms with Crippen molar-refractivity contribution in [3.8, 4) is 6.07 Å². The van der Waals surface area contributed by atoms with Crippen LogP contribution in [0.25, 0.3) is 0 Å². The molecule has 0 bridgehead atoms. The van der Waals surface area contributed by atoms with Crippen LogP contribution in [0.1, 0.15) is 23.7 Å². The third kappa shape index (κ3) is 2.72. The van der Waals surface area contributed by atoms with Gasteiger partial charge in [0.1, 0.15) is 5.54 Å². The number of nitrogens with zero attached hydrogens (tertiary/aromatic N) is 3. The van der Waals surface area contributed by atoms with Crippen molar-refractivity contribution in [1.82, 2.24) is 15.2 Å². The number of nitrogens with one attached hydrogen (secondary N) is 1. The van der Waals surface area contributed by atoms with Crippen LogP contribution in [-0.4, -0.2) is 28.4 Å². The molecule has 3 amide bonds. The first kappa shape index (κ1) is 15.7. The second kappa shape index (κ2) is 6.13. The van der Waals surface area contributed by atoms with Crippen molar-refractivity contribution in [1.29, 1.82) is 5.26 Å². The maximum absolute atomic E-state index is 12.8. The number of carbonyl (C=O) groups excluding carboxylic acids is 2. The van der Waals surface area contributed by atoms with Crippen molar-refractivity contribution in [3.63, 3.8) is 0 Å². The molecule has 1 fully saturated rings. The molecule has 1 atom stereocenters. The summed E-state index contributed by atoms with van der Waals surface area (Å²) >= 11 is 0. The molecule has 2 heterocycles. The van der Waals surface area contributed by atoms with Crippen LogP contribution >= 0.6 is 0 Å². The number of imide groups is 1. The highest BCUT2D eigenvalue weighted by molar-refractivity contribution is 6.07. The van der Waals surface area contributed by atoms with Gasteiger partial charge >= 0.3 is 6.03 Å². The third-order valence-electron chi connectivity index (χ3n) is 4.18. The van der Waals surface area contributed by atoms with Gasteiger partial charge in [0, 0.05) is 24.9 Å². The third-order valence-corrected chi connectivity index (χ3v) is 4.18. The van der Waals surface area contributed by atoms with Gasteiger partial charge in [-0.25, -0.2) is 4.79 Å². The Bertz CT molecular complexity index is 811. The summed E-state index contributed by atoms with van der Waals surface area (Å²) in [6.07, 6.45) is 2.19. The van der Waals surface area contributed by atoms with Gasteiger partial charge in [-0.05, 0) is 36.8 Å². The van der Waals surface area contributed by atoms with Crippen molar-refractivity contribution in [2.75, 3.05) is 6.54 Å². The van der Waals surface area contributed by atoms with Crippen molar-refractivity contribution in [2.24, 2.45) is 0 Å². The van der Waals surface area contributed by atoms with E-state index in [0.29, 0.717) is 17.5 Å². The Kier molecular flexibility index (Phi) is 4.00. The minimum absolute atomic E-state index is 0.271. The normalized spacial score (nSPS) is 19.9. The van der Waals surface area contributed by atoms with Gasteiger partial charge in [0.2, 0.25) is 0 Å². The lowest BCUT2D eigenvalue weighted by Crippen LogP contribution is -2.41. The lowest BCUT2D eigenvalue weighted by atomic mass is 9.91. The van der Waals surface area contributed by atoms with E-state index in [0.717, 1.165) is 5.69 Å². The summed E-state index contributed by atoms with van der Waals surface area (Å²) in [5.74, 6) is -0.298. The lowest BCUT2D eigenvalue weighted by molar-refractivity contribution is -0.131. The molecule has 0 aliphatic carbocycles. The van der Waals surface area contributed by atoms with Gasteiger partial charge in [0.25, 0.3) is 5.91 Å². The second-order valence-electron chi connectivity index (χ2n) is 5.77. The molecule has 0 saturated carbocycles. The van der Waals surface area contributed by atoms with Gasteiger partial charge in [0.05, 0.1) is 11.6 Å². The molecular weight excluding hydrogens is 304 g/mol. The fraction of sp³-hybridized carbons (Fsp3) is 0.222. The first-order chi connectivity index (χ1) is 11.5. The molecule has 1 aliphatic heterocycles. The standard InChI is InChI=1S/C18H16N4O2/c1-18(14-7-5-13(12-19)6-8-14)16(23)22(17(24)21-18)11-9-15-4-2-3-10-20-15/h2-8,10H,9,11H2,1H3,(H,21,24). The molecule has 24 heavy (non-hydrogen) atoms. The Morgan fingerprint density at radius 3 is 2.58 bits per heavy atom. The number of urea groups is 1. The summed E-state index contributed by atoms with van der Waals surface area (Å²) in [5, 5.41) is 11.6. The summed E-state index contributed by atoms with van der Waals surface area (Å²) < 4.78 is 0. The van der Waals surface area contributed by atoms with Crippen molar-refractivity contribution >= 4 is 11.9 Å². The zero-order valence-electron chi connectivity index (χ0n) is 13.2. The van der Waals surface area contributed by atoms with E-state index in [1.807, 2.05) is 24.3 Å². The largest absolute Gasteiger partial charge is 0.325 e. The maximum atomic E-state index is 12.8. The minimum atomic E-state index is -1.12. The van der Waals surface area contributed by atoms with Gasteiger partial charge < -0.3 is 5.32 Å². The quantitative estimate of drug-likeness (QED) is 0.873. The highest BCUT2D eigenvalue weighted by Crippen LogP contribution is 2.29. The molecule has 0 radical (unpaired) electrons. The molecule has 1 aromatic carbocycles. The average Bonchev–Trinajstić information content (AvgIpc) is 2.84. The van der Waals surface area contributed by atoms with Crippen LogP contribution in [0.4, 0.5) is 4.79 Å². The van der Waals surface area contributed by atoms with E-state index in [-0.39, 0.29) is 12.5 Å². The SMILES string of the molecule is CC1(c2ccc(C#N)cc2)NC(=O)N(CCc2ccccn2)C1=O. The first-order valence-corrected chi connectivity index (χ1v) is 7.59. The minimum Gasteiger partial charge on any atom is -0.319 e. The van der Waals surface area contributed by atoms with Crippen LogP contribution in [0.3, 0.4) is 0 Å². The van der Waals surface area contributed by atoms with E-state index in [4.69, 9.17) is 5.26 Å². The molecule has 2 aromatic rings. The molecular formula is C18H16N4O2. The summed E-state index contributed by atoms with van der Waals surface area (Å²) in [6.45, 7) is 1.95. The van der Waals surface area contributed by atoms with Crippen LogP contribution < -0.4 is 5.32 Å². The molecule has 1 N–H and O–H groups in total. The second-order valence-corrected chi connectivity index (χ2v) is 5.77. The van der Waals surface area contributed by atoms with E-state index in [1.165, 1.54) is 4.90 Å². The van der Waals surface area contributed by atoms with E-state index in [2.05, 4.69) is 10.3 Å². The van der Waals surface area contributed by atoms with Crippen molar-refractivity contribution < 1.29 is 9.59 Å². The number of carbonyl (C=O) groups is 2. The Morgan fingerprint density at radius 1 is 1.21 bits per heavy atom. The smallest absolute Gasteiger partial charge is 0.319 e. The predicted octanol–water partition coefficient (Wildman–Crippen LogP) is 1.96. The summed E-state index contributed by atoms with van der Waals surface area (Å²) in [5.41, 5.74) is 0.867.